The number of rotatable bonds is 8. The fourth-order valence-corrected chi connectivity index (χ4v) is 13.4. The summed E-state index contributed by atoms with van der Waals surface area (Å²) in [6.07, 6.45) is -12.7. The first-order chi connectivity index (χ1) is 27.6. The van der Waals surface area contributed by atoms with E-state index in [1.807, 2.05) is 13.8 Å². The van der Waals surface area contributed by atoms with Crippen molar-refractivity contribution < 1.29 is 52.7 Å². The average Bonchev–Trinajstić information content (AvgIpc) is 3.32. The van der Waals surface area contributed by atoms with Gasteiger partial charge in [0.1, 0.15) is 17.3 Å². The fourth-order valence-electron chi connectivity index (χ4n) is 8.45. The van der Waals surface area contributed by atoms with Crippen molar-refractivity contribution in [3.63, 3.8) is 0 Å². The van der Waals surface area contributed by atoms with Gasteiger partial charge >= 0.3 is 24.7 Å². The van der Waals surface area contributed by atoms with Crippen molar-refractivity contribution >= 4 is 29.2 Å². The van der Waals surface area contributed by atoms with Crippen LogP contribution in [0.5, 0.6) is 0 Å². The average molecular weight is 849 g/mol. The molecule has 1 aliphatic carbocycles. The van der Waals surface area contributed by atoms with Gasteiger partial charge in [0.15, 0.2) is 0 Å². The van der Waals surface area contributed by atoms with Crippen molar-refractivity contribution in [1.29, 1.82) is 0 Å². The molecule has 0 nitrogen and oxygen atoms in total. The van der Waals surface area contributed by atoms with Crippen molar-refractivity contribution in [3.8, 4) is 11.1 Å². The second kappa shape index (κ2) is 15.4. The molecule has 0 spiro atoms. The van der Waals surface area contributed by atoms with E-state index in [4.69, 9.17) is 0 Å². The highest BCUT2D eigenvalue weighted by atomic mass is 31.2. The van der Waals surface area contributed by atoms with Crippen molar-refractivity contribution in [2.24, 2.45) is 0 Å². The molecule has 5 aromatic carbocycles. The molecule has 0 bridgehead atoms. The van der Waals surface area contributed by atoms with Gasteiger partial charge in [-0.25, -0.2) is 0 Å². The molecule has 308 valence electrons. The Morgan fingerprint density at radius 2 is 1.03 bits per heavy atom. The van der Waals surface area contributed by atoms with Gasteiger partial charge in [-0.1, -0.05) is 51.0 Å². The number of alkyl halides is 12. The summed E-state index contributed by atoms with van der Waals surface area (Å²) in [5.74, 6) is 0. The molecular weight excluding hydrogens is 811 g/mol. The maximum atomic E-state index is 14.4. The van der Waals surface area contributed by atoms with Gasteiger partial charge in [0, 0.05) is 30.5 Å². The number of benzene rings is 5. The second-order valence-corrected chi connectivity index (χ2v) is 19.5. The van der Waals surface area contributed by atoms with Crippen LogP contribution in [0, 0.1) is 6.08 Å². The third-order valence-electron chi connectivity index (χ3n) is 11.2. The van der Waals surface area contributed by atoms with E-state index in [-0.39, 0.29) is 46.7 Å². The van der Waals surface area contributed by atoms with Gasteiger partial charge in [-0.15, -0.1) is 0 Å². The number of hydrogen-bond acceptors (Lipinski definition) is 0. The Morgan fingerprint density at radius 1 is 0.542 bits per heavy atom. The summed E-state index contributed by atoms with van der Waals surface area (Å²) in [4.78, 5) is 0. The first-order valence-corrected chi connectivity index (χ1v) is 21.6. The molecule has 13 heteroatoms. The Morgan fingerprint density at radius 3 is 1.56 bits per heavy atom. The van der Waals surface area contributed by atoms with Gasteiger partial charge in [0.05, 0.1) is 63.0 Å². The molecule has 0 saturated carbocycles. The van der Waals surface area contributed by atoms with E-state index in [1.54, 1.807) is 54.6 Å². The van der Waals surface area contributed by atoms with Gasteiger partial charge in [0.2, 0.25) is 0 Å². The van der Waals surface area contributed by atoms with Crippen LogP contribution >= 0.6 is 7.26 Å². The van der Waals surface area contributed by atoms with Crippen LogP contribution < -0.4 is 0 Å². The SMILES string of the molecule is CCCC[P+]1(CCCC)CC2=C(c3ccccc3[C+]=C2c2cc(C(F)(F)F)cc(C(F)(F)F)c2)c2c(c(-c3cc(C(F)(F)F)cc(C(F)(F)F)c3)cc3ccccc23)C1. The monoisotopic (exact) mass is 848 g/mol. The lowest BCUT2D eigenvalue weighted by Crippen LogP contribution is -2.16. The molecule has 0 saturated heterocycles. The zero-order chi connectivity index (χ0) is 42.7. The largest absolute Gasteiger partial charge is 0.417 e. The number of allylic oxidation sites excluding steroid dienone is 2. The molecule has 1 heterocycles. The highest BCUT2D eigenvalue weighted by Crippen LogP contribution is 2.69. The predicted molar refractivity (Wildman–Crippen MR) is 209 cm³/mol. The molecule has 59 heavy (non-hydrogen) atoms. The van der Waals surface area contributed by atoms with Crippen molar-refractivity contribution in [2.45, 2.75) is 70.4 Å². The van der Waals surface area contributed by atoms with Gasteiger partial charge in [-0.2, -0.15) is 52.7 Å². The molecule has 1 aliphatic heterocycles. The minimum absolute atomic E-state index is 0.0356. The quantitative estimate of drug-likeness (QED) is 0.0829. The Labute approximate surface area is 334 Å². The molecule has 0 unspecified atom stereocenters. The van der Waals surface area contributed by atoms with E-state index in [2.05, 4.69) is 6.08 Å². The van der Waals surface area contributed by atoms with E-state index in [9.17, 15) is 52.7 Å². The van der Waals surface area contributed by atoms with Gasteiger partial charge < -0.3 is 0 Å². The summed E-state index contributed by atoms with van der Waals surface area (Å²) in [5, 5.41) is 1.06. The summed E-state index contributed by atoms with van der Waals surface area (Å²) in [6.45, 7) is 3.95. The van der Waals surface area contributed by atoms with Gasteiger partial charge in [0.25, 0.3) is 0 Å². The highest BCUT2D eigenvalue weighted by molar-refractivity contribution is 7.75. The normalized spacial score (nSPS) is 15.6. The Bertz CT molecular complexity index is 2410. The van der Waals surface area contributed by atoms with Crippen LogP contribution in [0.3, 0.4) is 0 Å². The second-order valence-electron chi connectivity index (χ2n) is 15.3. The minimum Gasteiger partial charge on any atom is -0.166 e. The third-order valence-corrected chi connectivity index (χ3v) is 15.7. The molecule has 5 aromatic rings. The molecule has 0 N–H and O–H groups in total. The Kier molecular flexibility index (Phi) is 11.1. The van der Waals surface area contributed by atoms with Crippen molar-refractivity contribution in [1.82, 2.24) is 0 Å². The summed E-state index contributed by atoms with van der Waals surface area (Å²) in [6, 6.07) is 18.2. The molecule has 0 amide bonds. The van der Waals surface area contributed by atoms with Crippen LogP contribution in [0.4, 0.5) is 52.7 Å². The predicted octanol–water partition coefficient (Wildman–Crippen LogP) is 15.8. The van der Waals surface area contributed by atoms with Gasteiger partial charge in [-0.3, -0.25) is 0 Å². The number of hydrogen-bond donors (Lipinski definition) is 0. The van der Waals surface area contributed by atoms with E-state index in [1.165, 1.54) is 0 Å². The lowest BCUT2D eigenvalue weighted by atomic mass is 9.77. The third kappa shape index (κ3) is 8.40. The minimum atomic E-state index is -5.14. The number of halogens is 12. The van der Waals surface area contributed by atoms with E-state index in [0.717, 1.165) is 12.8 Å². The zero-order valence-corrected chi connectivity index (χ0v) is 32.7. The smallest absolute Gasteiger partial charge is 0.166 e. The molecule has 0 fully saturated rings. The van der Waals surface area contributed by atoms with Crippen LogP contribution in [0.25, 0.3) is 33.0 Å². The summed E-state index contributed by atoms with van der Waals surface area (Å²) >= 11 is 0. The molecule has 0 radical (unpaired) electrons. The van der Waals surface area contributed by atoms with Crippen LogP contribution in [-0.4, -0.2) is 18.5 Å². The van der Waals surface area contributed by atoms with Crippen molar-refractivity contribution in [2.75, 3.05) is 18.5 Å². The lowest BCUT2D eigenvalue weighted by Gasteiger charge is -2.28. The van der Waals surface area contributed by atoms with Gasteiger partial charge in [-0.05, 0) is 95.4 Å². The number of unbranched alkanes of at least 4 members (excludes halogenated alkanes) is 2. The highest BCUT2D eigenvalue weighted by Gasteiger charge is 2.49. The maximum Gasteiger partial charge on any atom is 0.417 e. The van der Waals surface area contributed by atoms with Crippen LogP contribution in [0.1, 0.15) is 89.6 Å². The fraction of sp³-hybridized carbons (Fsp3) is 0.304. The van der Waals surface area contributed by atoms with Crippen molar-refractivity contribution in [3.05, 3.63) is 153 Å². The first kappa shape index (κ1) is 42.5. The molecule has 0 aromatic heterocycles. The van der Waals surface area contributed by atoms with Crippen LogP contribution in [0.15, 0.2) is 96.6 Å². The Hall–Kier alpha value is -4.66. The van der Waals surface area contributed by atoms with E-state index in [0.29, 0.717) is 93.6 Å². The van der Waals surface area contributed by atoms with E-state index < -0.39 is 54.2 Å². The standard InChI is InChI=1S/C46H37F12P/c1-3-5-15-59(16-6-4-2)25-39-37(29-17-31(43(47,48)49)23-32(18-29)44(50,51)52)21-27-11-7-9-13-35(27)41(39)42-36-14-10-8-12-28(36)22-38(40(42)26-59)30-19-33(45(53,54)55)24-34(20-30)46(56,57)58/h7-14,17-21,23-24H,3-6,15-16,25-26H2,1-2H3/q+2. The first-order valence-electron chi connectivity index (χ1n) is 19.1. The number of fused-ring (bicyclic) bond motifs is 6. The summed E-state index contributed by atoms with van der Waals surface area (Å²) < 4.78 is 173. The lowest BCUT2D eigenvalue weighted by molar-refractivity contribution is -0.144. The van der Waals surface area contributed by atoms with Crippen LogP contribution in [-0.2, 0) is 30.9 Å². The maximum absolute atomic E-state index is 14.4. The Balaban J connectivity index is 1.67. The summed E-state index contributed by atoms with van der Waals surface area (Å²) in [7, 11) is -2.47. The molecule has 0 atom stereocenters. The van der Waals surface area contributed by atoms with Crippen LogP contribution in [0.2, 0.25) is 0 Å². The topological polar surface area (TPSA) is 0 Å². The van der Waals surface area contributed by atoms with E-state index >= 15 is 0 Å². The zero-order valence-electron chi connectivity index (χ0n) is 31.8. The molecule has 7 rings (SSSR count). The molecule has 2 aliphatic rings. The summed E-state index contributed by atoms with van der Waals surface area (Å²) in [5.41, 5.74) is -3.63. The molecular formula is C46H37F12P+2.